The molecule has 1 aliphatic heterocycles. The zero-order valence-electron chi connectivity index (χ0n) is 16.8. The van der Waals surface area contributed by atoms with Gasteiger partial charge in [-0.15, -0.1) is 0 Å². The summed E-state index contributed by atoms with van der Waals surface area (Å²) in [6, 6.07) is 6.60. The van der Waals surface area contributed by atoms with Crippen molar-refractivity contribution in [2.75, 3.05) is 18.0 Å². The maximum absolute atomic E-state index is 6.28. The van der Waals surface area contributed by atoms with E-state index in [1.165, 1.54) is 16.7 Å². The minimum Gasteiger partial charge on any atom is -0.356 e. The van der Waals surface area contributed by atoms with E-state index in [0.717, 1.165) is 55.2 Å². The fourth-order valence-corrected chi connectivity index (χ4v) is 3.98. The summed E-state index contributed by atoms with van der Waals surface area (Å²) in [4.78, 5) is 12.0. The molecule has 0 amide bonds. The number of imidazole rings is 1. The number of nitrogens with zero attached hydrogens (tertiary/aromatic N) is 4. The van der Waals surface area contributed by atoms with E-state index in [9.17, 15) is 0 Å². The lowest BCUT2D eigenvalue weighted by Gasteiger charge is -2.37. The van der Waals surface area contributed by atoms with Crippen molar-refractivity contribution in [2.45, 2.75) is 52.5 Å². The van der Waals surface area contributed by atoms with Crippen LogP contribution in [0.5, 0.6) is 0 Å². The molecular formula is C22H29N5. The van der Waals surface area contributed by atoms with Crippen LogP contribution in [0.4, 0.5) is 5.82 Å². The normalized spacial score (nSPS) is 16.9. The molecule has 0 unspecified atom stereocenters. The van der Waals surface area contributed by atoms with Gasteiger partial charge in [0.05, 0.1) is 11.4 Å². The largest absolute Gasteiger partial charge is 0.356 e. The Labute approximate surface area is 161 Å². The minimum atomic E-state index is -0.0418. The molecule has 0 radical (unpaired) electrons. The topological polar surface area (TPSA) is 59.5 Å². The van der Waals surface area contributed by atoms with Crippen LogP contribution in [-0.2, 0) is 6.42 Å². The van der Waals surface area contributed by atoms with Crippen LogP contribution < -0.4 is 10.6 Å². The van der Waals surface area contributed by atoms with E-state index in [-0.39, 0.29) is 5.54 Å². The van der Waals surface area contributed by atoms with Gasteiger partial charge in [-0.05, 0) is 63.8 Å². The Balaban J connectivity index is 1.70. The van der Waals surface area contributed by atoms with Crippen LogP contribution in [-0.4, -0.2) is 33.0 Å². The number of anilines is 1. The lowest BCUT2D eigenvalue weighted by Crippen LogP contribution is -2.48. The fourth-order valence-electron chi connectivity index (χ4n) is 3.98. The number of pyridine rings is 2. The van der Waals surface area contributed by atoms with Crippen molar-refractivity contribution in [1.29, 1.82) is 0 Å². The van der Waals surface area contributed by atoms with Crippen LogP contribution in [0.15, 0.2) is 30.6 Å². The Hall–Kier alpha value is -2.40. The molecule has 4 rings (SSSR count). The second kappa shape index (κ2) is 6.64. The molecule has 0 saturated carbocycles. The molecule has 3 aromatic heterocycles. The number of aryl methyl sites for hydroxylation is 3. The van der Waals surface area contributed by atoms with Gasteiger partial charge in [0.1, 0.15) is 11.5 Å². The molecule has 0 aliphatic carbocycles. The lowest BCUT2D eigenvalue weighted by atomic mass is 9.91. The van der Waals surface area contributed by atoms with Crippen LogP contribution >= 0.6 is 0 Å². The first-order valence-electron chi connectivity index (χ1n) is 9.86. The van der Waals surface area contributed by atoms with Crippen LogP contribution in [0, 0.1) is 13.8 Å². The molecule has 0 atom stereocenters. The standard InChI is InChI=1S/C22H29N5/c1-5-19-18(17-12-15(2)21-24-16(3)13-27(21)14-17)6-7-20(25-19)26-10-8-22(4,23)9-11-26/h6-7,12-14H,5,8-11,23H2,1-4H3. The Bertz CT molecular complexity index is 976. The zero-order valence-corrected chi connectivity index (χ0v) is 16.8. The highest BCUT2D eigenvalue weighted by atomic mass is 15.2. The molecule has 142 valence electrons. The first-order chi connectivity index (χ1) is 12.9. The zero-order chi connectivity index (χ0) is 19.2. The van der Waals surface area contributed by atoms with Crippen molar-refractivity contribution in [3.8, 4) is 11.1 Å². The monoisotopic (exact) mass is 363 g/mol. The predicted octanol–water partition coefficient (Wildman–Crippen LogP) is 3.89. The summed E-state index contributed by atoms with van der Waals surface area (Å²) >= 11 is 0. The number of hydrogen-bond donors (Lipinski definition) is 1. The van der Waals surface area contributed by atoms with Gasteiger partial charge < -0.3 is 15.0 Å². The third kappa shape index (κ3) is 3.44. The molecule has 5 heteroatoms. The average molecular weight is 364 g/mol. The average Bonchev–Trinajstić information content (AvgIpc) is 3.02. The SMILES string of the molecule is CCc1nc(N2CCC(C)(N)CC2)ccc1-c1cc(C)c2nc(C)cn2c1. The van der Waals surface area contributed by atoms with Crippen LogP contribution in [0.1, 0.15) is 43.6 Å². The van der Waals surface area contributed by atoms with Crippen molar-refractivity contribution in [1.82, 2.24) is 14.4 Å². The first-order valence-corrected chi connectivity index (χ1v) is 9.86. The number of hydrogen-bond acceptors (Lipinski definition) is 4. The number of rotatable bonds is 3. The van der Waals surface area contributed by atoms with Crippen molar-refractivity contribution in [3.05, 3.63) is 47.5 Å². The molecule has 4 heterocycles. The van der Waals surface area contributed by atoms with Gasteiger partial charge in [-0.3, -0.25) is 0 Å². The van der Waals surface area contributed by atoms with Crippen LogP contribution in [0.25, 0.3) is 16.8 Å². The fraction of sp³-hybridized carbons (Fsp3) is 0.455. The Kier molecular flexibility index (Phi) is 4.42. The van der Waals surface area contributed by atoms with E-state index in [0.29, 0.717) is 0 Å². The molecule has 2 N–H and O–H groups in total. The maximum atomic E-state index is 6.28. The molecule has 0 bridgehead atoms. The second-order valence-corrected chi connectivity index (χ2v) is 8.18. The summed E-state index contributed by atoms with van der Waals surface area (Å²) in [7, 11) is 0. The predicted molar refractivity (Wildman–Crippen MR) is 111 cm³/mol. The number of piperidine rings is 1. The minimum absolute atomic E-state index is 0.0418. The summed E-state index contributed by atoms with van der Waals surface area (Å²) in [6.07, 6.45) is 7.17. The highest BCUT2D eigenvalue weighted by molar-refractivity contribution is 5.70. The smallest absolute Gasteiger partial charge is 0.139 e. The van der Waals surface area contributed by atoms with Gasteiger partial charge in [-0.2, -0.15) is 0 Å². The quantitative estimate of drug-likeness (QED) is 0.767. The Morgan fingerprint density at radius 2 is 1.85 bits per heavy atom. The van der Waals surface area contributed by atoms with Gasteiger partial charge in [0.15, 0.2) is 0 Å². The van der Waals surface area contributed by atoms with Gasteiger partial charge in [-0.1, -0.05) is 6.92 Å². The molecule has 1 fully saturated rings. The summed E-state index contributed by atoms with van der Waals surface area (Å²) in [5.74, 6) is 1.07. The van der Waals surface area contributed by atoms with Crippen molar-refractivity contribution < 1.29 is 0 Å². The second-order valence-electron chi connectivity index (χ2n) is 8.18. The highest BCUT2D eigenvalue weighted by Gasteiger charge is 2.26. The highest BCUT2D eigenvalue weighted by Crippen LogP contribution is 2.29. The first kappa shape index (κ1) is 18.0. The van der Waals surface area contributed by atoms with E-state index >= 15 is 0 Å². The third-order valence-electron chi connectivity index (χ3n) is 5.69. The van der Waals surface area contributed by atoms with Crippen molar-refractivity contribution in [3.63, 3.8) is 0 Å². The van der Waals surface area contributed by atoms with Crippen molar-refractivity contribution in [2.24, 2.45) is 5.73 Å². The third-order valence-corrected chi connectivity index (χ3v) is 5.69. The van der Waals surface area contributed by atoms with E-state index < -0.39 is 0 Å². The van der Waals surface area contributed by atoms with Gasteiger partial charge in [0.25, 0.3) is 0 Å². The van der Waals surface area contributed by atoms with Gasteiger partial charge in [0, 0.05) is 42.1 Å². The van der Waals surface area contributed by atoms with Crippen molar-refractivity contribution >= 4 is 11.5 Å². The van der Waals surface area contributed by atoms with Crippen LogP contribution in [0.2, 0.25) is 0 Å². The lowest BCUT2D eigenvalue weighted by molar-refractivity contribution is 0.363. The number of nitrogens with two attached hydrogens (primary N) is 1. The van der Waals surface area contributed by atoms with E-state index in [1.807, 2.05) is 6.92 Å². The van der Waals surface area contributed by atoms with E-state index in [1.54, 1.807) is 0 Å². The molecule has 27 heavy (non-hydrogen) atoms. The summed E-state index contributed by atoms with van der Waals surface area (Å²) < 4.78 is 2.13. The molecule has 3 aromatic rings. The molecule has 0 spiro atoms. The van der Waals surface area contributed by atoms with Crippen LogP contribution in [0.3, 0.4) is 0 Å². The summed E-state index contributed by atoms with van der Waals surface area (Å²) in [6.45, 7) is 10.4. The van der Waals surface area contributed by atoms with Gasteiger partial charge >= 0.3 is 0 Å². The molecular weight excluding hydrogens is 334 g/mol. The maximum Gasteiger partial charge on any atom is 0.139 e. The summed E-state index contributed by atoms with van der Waals surface area (Å²) in [5.41, 5.74) is 13.0. The Morgan fingerprint density at radius 1 is 1.11 bits per heavy atom. The molecule has 5 nitrogen and oxygen atoms in total. The molecule has 1 saturated heterocycles. The number of aromatic nitrogens is 3. The summed E-state index contributed by atoms with van der Waals surface area (Å²) in [5, 5.41) is 0. The van der Waals surface area contributed by atoms with E-state index in [2.05, 4.69) is 65.6 Å². The van der Waals surface area contributed by atoms with Gasteiger partial charge in [-0.25, -0.2) is 9.97 Å². The van der Waals surface area contributed by atoms with Gasteiger partial charge in [0.2, 0.25) is 0 Å². The molecule has 1 aliphatic rings. The number of fused-ring (bicyclic) bond motifs is 1. The molecule has 0 aromatic carbocycles. The van der Waals surface area contributed by atoms with E-state index in [4.69, 9.17) is 10.7 Å². The Morgan fingerprint density at radius 3 is 2.56 bits per heavy atom.